The van der Waals surface area contributed by atoms with Crippen LogP contribution in [-0.4, -0.2) is 5.91 Å². The molecule has 0 aliphatic carbocycles. The molecule has 0 saturated carbocycles. The van der Waals surface area contributed by atoms with E-state index in [1.807, 2.05) is 91.0 Å². The standard InChI is InChI=1S/C21H16BrNO/c22-18-12-7-13-19(15-18)23-21(24)20(17-10-5-2-6-11-17)14-16-8-3-1-4-9-16/h1-15H,(H,23,24)/b20-14-. The first kappa shape index (κ1) is 16.2. The first-order valence-electron chi connectivity index (χ1n) is 7.61. The number of anilines is 1. The zero-order valence-electron chi connectivity index (χ0n) is 12.9. The van der Waals surface area contributed by atoms with Gasteiger partial charge in [0.05, 0.1) is 0 Å². The van der Waals surface area contributed by atoms with Crippen LogP contribution in [0, 0.1) is 0 Å². The molecular formula is C21H16BrNO. The van der Waals surface area contributed by atoms with Crippen LogP contribution in [-0.2, 0) is 4.79 Å². The Hall–Kier alpha value is -2.65. The average Bonchev–Trinajstić information content (AvgIpc) is 2.61. The Morgan fingerprint density at radius 3 is 2.17 bits per heavy atom. The Morgan fingerprint density at radius 1 is 0.833 bits per heavy atom. The number of rotatable bonds is 4. The summed E-state index contributed by atoms with van der Waals surface area (Å²) < 4.78 is 0.925. The molecule has 0 radical (unpaired) electrons. The summed E-state index contributed by atoms with van der Waals surface area (Å²) in [7, 11) is 0. The Labute approximate surface area is 150 Å². The van der Waals surface area contributed by atoms with Crippen LogP contribution in [0.15, 0.2) is 89.4 Å². The van der Waals surface area contributed by atoms with Crippen molar-refractivity contribution in [1.29, 1.82) is 0 Å². The van der Waals surface area contributed by atoms with Gasteiger partial charge in [-0.15, -0.1) is 0 Å². The highest BCUT2D eigenvalue weighted by Gasteiger charge is 2.12. The van der Waals surface area contributed by atoms with Crippen molar-refractivity contribution >= 4 is 39.2 Å². The lowest BCUT2D eigenvalue weighted by molar-refractivity contribution is -0.111. The van der Waals surface area contributed by atoms with Gasteiger partial charge in [-0.1, -0.05) is 82.7 Å². The number of nitrogens with one attached hydrogen (secondary N) is 1. The van der Waals surface area contributed by atoms with E-state index < -0.39 is 0 Å². The number of halogens is 1. The fourth-order valence-corrected chi connectivity index (χ4v) is 2.78. The number of hydrogen-bond donors (Lipinski definition) is 1. The lowest BCUT2D eigenvalue weighted by atomic mass is 10.0. The molecular weight excluding hydrogens is 362 g/mol. The molecule has 1 N–H and O–H groups in total. The second-order valence-corrected chi connectivity index (χ2v) is 6.21. The Bertz CT molecular complexity index is 857. The molecule has 3 heteroatoms. The van der Waals surface area contributed by atoms with Crippen LogP contribution in [0.1, 0.15) is 11.1 Å². The van der Waals surface area contributed by atoms with E-state index in [1.54, 1.807) is 0 Å². The predicted octanol–water partition coefficient (Wildman–Crippen LogP) is 5.63. The number of benzene rings is 3. The lowest BCUT2D eigenvalue weighted by Crippen LogP contribution is -2.13. The quantitative estimate of drug-likeness (QED) is 0.463. The highest BCUT2D eigenvalue weighted by atomic mass is 79.9. The van der Waals surface area contributed by atoms with Gasteiger partial charge >= 0.3 is 0 Å². The number of carbonyl (C=O) groups excluding carboxylic acids is 1. The van der Waals surface area contributed by atoms with Gasteiger partial charge in [0.15, 0.2) is 0 Å². The van der Waals surface area contributed by atoms with Crippen LogP contribution >= 0.6 is 15.9 Å². The molecule has 0 heterocycles. The zero-order valence-corrected chi connectivity index (χ0v) is 14.5. The molecule has 0 bridgehead atoms. The van der Waals surface area contributed by atoms with Gasteiger partial charge < -0.3 is 5.32 Å². The van der Waals surface area contributed by atoms with Gasteiger partial charge in [0.25, 0.3) is 5.91 Å². The van der Waals surface area contributed by atoms with Crippen LogP contribution in [0.4, 0.5) is 5.69 Å². The van der Waals surface area contributed by atoms with E-state index in [2.05, 4.69) is 21.2 Å². The van der Waals surface area contributed by atoms with E-state index in [0.717, 1.165) is 21.3 Å². The van der Waals surface area contributed by atoms with E-state index in [4.69, 9.17) is 0 Å². The highest BCUT2D eigenvalue weighted by molar-refractivity contribution is 9.10. The van der Waals surface area contributed by atoms with Gasteiger partial charge in [-0.05, 0) is 35.4 Å². The van der Waals surface area contributed by atoms with Crippen molar-refractivity contribution in [1.82, 2.24) is 0 Å². The molecule has 1 amide bonds. The predicted molar refractivity (Wildman–Crippen MR) is 104 cm³/mol. The molecule has 0 spiro atoms. The van der Waals surface area contributed by atoms with Crippen molar-refractivity contribution in [3.63, 3.8) is 0 Å². The lowest BCUT2D eigenvalue weighted by Gasteiger charge is -2.10. The fourth-order valence-electron chi connectivity index (χ4n) is 2.38. The van der Waals surface area contributed by atoms with Gasteiger partial charge in [0.1, 0.15) is 0 Å². The van der Waals surface area contributed by atoms with E-state index in [-0.39, 0.29) is 5.91 Å². The van der Waals surface area contributed by atoms with E-state index in [1.165, 1.54) is 0 Å². The van der Waals surface area contributed by atoms with Crippen molar-refractivity contribution in [3.8, 4) is 0 Å². The molecule has 3 aromatic rings. The first-order chi connectivity index (χ1) is 11.7. The normalized spacial score (nSPS) is 11.1. The van der Waals surface area contributed by atoms with Crippen LogP contribution in [0.25, 0.3) is 11.6 Å². The van der Waals surface area contributed by atoms with Crippen LogP contribution < -0.4 is 5.32 Å². The molecule has 2 nitrogen and oxygen atoms in total. The summed E-state index contributed by atoms with van der Waals surface area (Å²) in [5.74, 6) is -0.136. The van der Waals surface area contributed by atoms with E-state index in [0.29, 0.717) is 5.57 Å². The molecule has 0 aliphatic rings. The van der Waals surface area contributed by atoms with Crippen LogP contribution in [0.3, 0.4) is 0 Å². The minimum Gasteiger partial charge on any atom is -0.322 e. The number of hydrogen-bond acceptors (Lipinski definition) is 1. The topological polar surface area (TPSA) is 29.1 Å². The number of amides is 1. The smallest absolute Gasteiger partial charge is 0.256 e. The van der Waals surface area contributed by atoms with Crippen LogP contribution in [0.2, 0.25) is 0 Å². The minimum absolute atomic E-state index is 0.136. The molecule has 118 valence electrons. The fraction of sp³-hybridized carbons (Fsp3) is 0. The van der Waals surface area contributed by atoms with E-state index in [9.17, 15) is 4.79 Å². The maximum absolute atomic E-state index is 12.8. The maximum Gasteiger partial charge on any atom is 0.256 e. The summed E-state index contributed by atoms with van der Waals surface area (Å²) in [6.45, 7) is 0. The van der Waals surface area contributed by atoms with Crippen molar-refractivity contribution < 1.29 is 4.79 Å². The molecule has 0 fully saturated rings. The Balaban J connectivity index is 1.95. The van der Waals surface area contributed by atoms with Gasteiger partial charge in [-0.25, -0.2) is 0 Å². The molecule has 0 aliphatic heterocycles. The second kappa shape index (κ2) is 7.75. The van der Waals surface area contributed by atoms with Crippen molar-refractivity contribution in [2.24, 2.45) is 0 Å². The first-order valence-corrected chi connectivity index (χ1v) is 8.41. The van der Waals surface area contributed by atoms with Gasteiger partial charge in [-0.2, -0.15) is 0 Å². The molecule has 0 unspecified atom stereocenters. The minimum atomic E-state index is -0.136. The largest absolute Gasteiger partial charge is 0.322 e. The van der Waals surface area contributed by atoms with Crippen molar-refractivity contribution in [2.45, 2.75) is 0 Å². The summed E-state index contributed by atoms with van der Waals surface area (Å²) in [5, 5.41) is 2.96. The molecule has 0 atom stereocenters. The summed E-state index contributed by atoms with van der Waals surface area (Å²) >= 11 is 3.42. The second-order valence-electron chi connectivity index (χ2n) is 5.30. The Morgan fingerprint density at radius 2 is 1.50 bits per heavy atom. The highest BCUT2D eigenvalue weighted by Crippen LogP contribution is 2.22. The van der Waals surface area contributed by atoms with E-state index >= 15 is 0 Å². The summed E-state index contributed by atoms with van der Waals surface area (Å²) in [5.41, 5.74) is 3.25. The van der Waals surface area contributed by atoms with Crippen molar-refractivity contribution in [3.05, 3.63) is 101 Å². The third-order valence-corrected chi connectivity index (χ3v) is 4.02. The van der Waals surface area contributed by atoms with Gasteiger partial charge in [0.2, 0.25) is 0 Å². The van der Waals surface area contributed by atoms with Gasteiger partial charge in [-0.3, -0.25) is 4.79 Å². The van der Waals surface area contributed by atoms with Gasteiger partial charge in [0, 0.05) is 15.7 Å². The molecule has 24 heavy (non-hydrogen) atoms. The summed E-state index contributed by atoms with van der Waals surface area (Å²) in [6, 6.07) is 27.1. The summed E-state index contributed by atoms with van der Waals surface area (Å²) in [6.07, 6.45) is 1.91. The zero-order chi connectivity index (χ0) is 16.8. The van der Waals surface area contributed by atoms with Crippen molar-refractivity contribution in [2.75, 3.05) is 5.32 Å². The SMILES string of the molecule is O=C(Nc1cccc(Br)c1)/C(=C\c1ccccc1)c1ccccc1. The Kier molecular flexibility index (Phi) is 5.24. The molecule has 0 aromatic heterocycles. The molecule has 3 aromatic carbocycles. The maximum atomic E-state index is 12.8. The molecule has 3 rings (SSSR count). The monoisotopic (exact) mass is 377 g/mol. The summed E-state index contributed by atoms with van der Waals surface area (Å²) in [4.78, 5) is 12.8. The number of carbonyl (C=O) groups is 1. The third kappa shape index (κ3) is 4.21. The average molecular weight is 378 g/mol. The van der Waals surface area contributed by atoms with Crippen LogP contribution in [0.5, 0.6) is 0 Å². The molecule has 0 saturated heterocycles. The third-order valence-electron chi connectivity index (χ3n) is 3.52.